The molecule has 24 heavy (non-hydrogen) atoms. The molecule has 3 rings (SSSR count). The molecule has 5 heteroatoms. The molecule has 0 saturated carbocycles. The molecule has 3 aromatic rings. The fourth-order valence-electron chi connectivity index (χ4n) is 2.39. The number of Topliss-reactive ketones (excluding diaryl/α,β-unsaturated/α-hetero) is 1. The van der Waals surface area contributed by atoms with E-state index in [-0.39, 0.29) is 12.4 Å². The molecule has 0 heterocycles. The molecule has 0 amide bonds. The zero-order valence-electron chi connectivity index (χ0n) is 12.5. The Bertz CT molecular complexity index is 912. The first kappa shape index (κ1) is 16.9. The zero-order valence-corrected chi connectivity index (χ0v) is 15.6. The lowest BCUT2D eigenvalue weighted by molar-refractivity contribution is 0.0476. The van der Waals surface area contributed by atoms with Gasteiger partial charge in [-0.1, -0.05) is 68.3 Å². The highest BCUT2D eigenvalue weighted by atomic mass is 79.9. The van der Waals surface area contributed by atoms with Crippen molar-refractivity contribution in [2.75, 3.05) is 6.61 Å². The maximum atomic E-state index is 12.4. The summed E-state index contributed by atoms with van der Waals surface area (Å²) in [4.78, 5) is 24.5. The molecule has 0 spiro atoms. The number of carbonyl (C=O) groups is 2. The third-order valence-corrected chi connectivity index (χ3v) is 4.76. The molecule has 0 aromatic heterocycles. The van der Waals surface area contributed by atoms with Crippen molar-refractivity contribution in [3.05, 3.63) is 80.7 Å². The van der Waals surface area contributed by atoms with Crippen molar-refractivity contribution in [2.45, 2.75) is 0 Å². The summed E-state index contributed by atoms with van der Waals surface area (Å²) in [5.74, 6) is -0.756. The number of esters is 1. The van der Waals surface area contributed by atoms with Gasteiger partial charge in [-0.3, -0.25) is 4.79 Å². The van der Waals surface area contributed by atoms with Crippen molar-refractivity contribution in [3.8, 4) is 0 Å². The summed E-state index contributed by atoms with van der Waals surface area (Å²) in [7, 11) is 0. The molecule has 0 N–H and O–H groups in total. The fraction of sp³-hybridized carbons (Fsp3) is 0.0526. The predicted octanol–water partition coefficient (Wildman–Crippen LogP) is 5.40. The Morgan fingerprint density at radius 3 is 2.25 bits per heavy atom. The van der Waals surface area contributed by atoms with Crippen molar-refractivity contribution in [2.24, 2.45) is 0 Å². The maximum Gasteiger partial charge on any atom is 0.339 e. The Labute approximate surface area is 155 Å². The first-order valence-electron chi connectivity index (χ1n) is 7.19. The molecule has 0 aliphatic heterocycles. The van der Waals surface area contributed by atoms with E-state index in [2.05, 4.69) is 31.9 Å². The minimum absolute atomic E-state index is 0.241. The summed E-state index contributed by atoms with van der Waals surface area (Å²) in [5, 5.41) is 1.71. The van der Waals surface area contributed by atoms with Crippen LogP contribution in [0.25, 0.3) is 10.8 Å². The molecular weight excluding hydrogens is 436 g/mol. The molecule has 120 valence electrons. The minimum atomic E-state index is -0.516. The Hall–Kier alpha value is -1.98. The van der Waals surface area contributed by atoms with Gasteiger partial charge >= 0.3 is 5.97 Å². The van der Waals surface area contributed by atoms with Gasteiger partial charge < -0.3 is 4.74 Å². The summed E-state index contributed by atoms with van der Waals surface area (Å²) in [5.41, 5.74) is 0.939. The second kappa shape index (κ2) is 7.28. The summed E-state index contributed by atoms with van der Waals surface area (Å²) in [6.45, 7) is -0.290. The zero-order chi connectivity index (χ0) is 17.1. The number of ketones is 1. The predicted molar refractivity (Wildman–Crippen MR) is 100 cm³/mol. The topological polar surface area (TPSA) is 43.4 Å². The van der Waals surface area contributed by atoms with Crippen LogP contribution in [0, 0.1) is 0 Å². The van der Waals surface area contributed by atoms with Gasteiger partial charge in [-0.05, 0) is 29.7 Å². The van der Waals surface area contributed by atoms with E-state index in [1.54, 1.807) is 36.4 Å². The van der Waals surface area contributed by atoms with Crippen LogP contribution in [0.5, 0.6) is 0 Å². The number of carbonyl (C=O) groups excluding carboxylic acids is 2. The van der Waals surface area contributed by atoms with E-state index in [1.165, 1.54) is 0 Å². The van der Waals surface area contributed by atoms with E-state index in [4.69, 9.17) is 4.74 Å². The van der Waals surface area contributed by atoms with Gasteiger partial charge in [-0.2, -0.15) is 0 Å². The van der Waals surface area contributed by atoms with E-state index in [0.29, 0.717) is 11.1 Å². The number of rotatable bonds is 4. The van der Waals surface area contributed by atoms with Gasteiger partial charge in [0.1, 0.15) is 0 Å². The highest BCUT2D eigenvalue weighted by Crippen LogP contribution is 2.27. The van der Waals surface area contributed by atoms with E-state index < -0.39 is 5.97 Å². The van der Waals surface area contributed by atoms with Gasteiger partial charge in [0.15, 0.2) is 12.4 Å². The molecule has 0 atom stereocenters. The van der Waals surface area contributed by atoms with Crippen molar-refractivity contribution in [1.82, 2.24) is 0 Å². The van der Waals surface area contributed by atoms with Crippen LogP contribution in [0.3, 0.4) is 0 Å². The molecule has 0 unspecified atom stereocenters. The van der Waals surface area contributed by atoms with E-state index >= 15 is 0 Å². The van der Waals surface area contributed by atoms with E-state index in [9.17, 15) is 9.59 Å². The van der Waals surface area contributed by atoms with Gasteiger partial charge in [0.05, 0.1) is 5.56 Å². The van der Waals surface area contributed by atoms with E-state index in [0.717, 1.165) is 19.7 Å². The molecule has 0 radical (unpaired) electrons. The number of halogens is 2. The minimum Gasteiger partial charge on any atom is -0.454 e. The van der Waals surface area contributed by atoms with Crippen LogP contribution in [0.1, 0.15) is 20.7 Å². The number of fused-ring (bicyclic) bond motifs is 1. The molecule has 0 saturated heterocycles. The van der Waals surface area contributed by atoms with Crippen LogP contribution in [-0.2, 0) is 4.74 Å². The number of hydrogen-bond donors (Lipinski definition) is 0. The molecule has 0 aliphatic rings. The highest BCUT2D eigenvalue weighted by molar-refractivity contribution is 9.11. The lowest BCUT2D eigenvalue weighted by atomic mass is 10.0. The smallest absolute Gasteiger partial charge is 0.339 e. The Kier molecular flexibility index (Phi) is 5.11. The third kappa shape index (κ3) is 3.57. The van der Waals surface area contributed by atoms with Crippen molar-refractivity contribution in [1.29, 1.82) is 0 Å². The van der Waals surface area contributed by atoms with Crippen LogP contribution in [-0.4, -0.2) is 18.4 Å². The summed E-state index contributed by atoms with van der Waals surface area (Å²) in [6, 6.07) is 18.0. The SMILES string of the molecule is O=C(COC(=O)c1cccc2cccc(Br)c12)c1ccc(Br)cc1. The molecule has 0 bridgehead atoms. The van der Waals surface area contributed by atoms with Gasteiger partial charge in [0.25, 0.3) is 0 Å². The average Bonchev–Trinajstić information content (AvgIpc) is 2.60. The fourth-order valence-corrected chi connectivity index (χ4v) is 3.25. The lowest BCUT2D eigenvalue weighted by Gasteiger charge is -2.08. The van der Waals surface area contributed by atoms with Crippen molar-refractivity contribution >= 4 is 54.4 Å². The highest BCUT2D eigenvalue weighted by Gasteiger charge is 2.15. The van der Waals surface area contributed by atoms with Gasteiger partial charge in [-0.25, -0.2) is 4.79 Å². The van der Waals surface area contributed by atoms with Crippen LogP contribution >= 0.6 is 31.9 Å². The Morgan fingerprint density at radius 1 is 0.875 bits per heavy atom. The van der Waals surface area contributed by atoms with Crippen LogP contribution in [0.4, 0.5) is 0 Å². The normalized spacial score (nSPS) is 10.6. The average molecular weight is 448 g/mol. The van der Waals surface area contributed by atoms with E-state index in [1.807, 2.05) is 24.3 Å². The number of benzene rings is 3. The largest absolute Gasteiger partial charge is 0.454 e. The van der Waals surface area contributed by atoms with Crippen molar-refractivity contribution in [3.63, 3.8) is 0 Å². The second-order valence-electron chi connectivity index (χ2n) is 5.15. The van der Waals surface area contributed by atoms with Crippen LogP contribution in [0.15, 0.2) is 69.6 Å². The quantitative estimate of drug-likeness (QED) is 0.397. The summed E-state index contributed by atoms with van der Waals surface area (Å²) >= 11 is 6.78. The summed E-state index contributed by atoms with van der Waals surface area (Å²) in [6.07, 6.45) is 0. The maximum absolute atomic E-state index is 12.4. The van der Waals surface area contributed by atoms with Crippen LogP contribution in [0.2, 0.25) is 0 Å². The molecule has 0 aliphatic carbocycles. The molecule has 0 fully saturated rings. The summed E-state index contributed by atoms with van der Waals surface area (Å²) < 4.78 is 6.91. The Balaban J connectivity index is 1.78. The molecular formula is C19H12Br2O3. The molecule has 3 aromatic carbocycles. The first-order chi connectivity index (χ1) is 11.6. The number of hydrogen-bond acceptors (Lipinski definition) is 3. The Morgan fingerprint density at radius 2 is 1.54 bits per heavy atom. The standard InChI is InChI=1S/C19H12Br2O3/c20-14-9-7-12(8-10-14)17(22)11-24-19(23)15-5-1-3-13-4-2-6-16(21)18(13)15/h1-10H,11H2. The first-order valence-corrected chi connectivity index (χ1v) is 8.78. The third-order valence-electron chi connectivity index (χ3n) is 3.57. The van der Waals surface area contributed by atoms with Crippen molar-refractivity contribution < 1.29 is 14.3 Å². The van der Waals surface area contributed by atoms with Gasteiger partial charge in [-0.15, -0.1) is 0 Å². The monoisotopic (exact) mass is 446 g/mol. The number of ether oxygens (including phenoxy) is 1. The van der Waals surface area contributed by atoms with Crippen LogP contribution < -0.4 is 0 Å². The second-order valence-corrected chi connectivity index (χ2v) is 6.92. The van der Waals surface area contributed by atoms with Gasteiger partial charge in [0, 0.05) is 19.9 Å². The van der Waals surface area contributed by atoms with Gasteiger partial charge in [0.2, 0.25) is 0 Å². The lowest BCUT2D eigenvalue weighted by Crippen LogP contribution is -2.14. The molecule has 3 nitrogen and oxygen atoms in total.